The quantitative estimate of drug-likeness (QED) is 0.751. The molecule has 2 rings (SSSR count). The summed E-state index contributed by atoms with van der Waals surface area (Å²) >= 11 is 0. The van der Waals surface area contributed by atoms with Gasteiger partial charge >= 0.3 is 0 Å². The summed E-state index contributed by atoms with van der Waals surface area (Å²) in [5.41, 5.74) is 2.41. The van der Waals surface area contributed by atoms with E-state index in [1.807, 2.05) is 6.07 Å². The van der Waals surface area contributed by atoms with Gasteiger partial charge in [-0.25, -0.2) is 8.42 Å². The topological polar surface area (TPSA) is 46.6 Å². The first kappa shape index (κ1) is 11.6. The molecule has 0 spiro atoms. The summed E-state index contributed by atoms with van der Waals surface area (Å²) in [6, 6.07) is 5.31. The zero-order chi connectivity index (χ0) is 11.8. The fourth-order valence-electron chi connectivity index (χ4n) is 1.96. The lowest BCUT2D eigenvalue weighted by atomic mass is 10.1. The summed E-state index contributed by atoms with van der Waals surface area (Å²) < 4.78 is 24.8. The van der Waals surface area contributed by atoms with E-state index in [2.05, 4.69) is 0 Å². The van der Waals surface area contributed by atoms with Crippen LogP contribution in [0, 0.1) is 0 Å². The Bertz CT molecular complexity index is 496. The summed E-state index contributed by atoms with van der Waals surface area (Å²) in [6.07, 6.45) is 3.13. The molecule has 0 radical (unpaired) electrons. The van der Waals surface area contributed by atoms with Gasteiger partial charge in [-0.05, 0) is 42.5 Å². The van der Waals surface area contributed by atoms with Gasteiger partial charge in [0.1, 0.15) is 0 Å². The van der Waals surface area contributed by atoms with E-state index in [1.54, 1.807) is 12.1 Å². The van der Waals surface area contributed by atoms with Gasteiger partial charge in [-0.3, -0.25) is 4.84 Å². The Morgan fingerprint density at radius 1 is 1.25 bits per heavy atom. The van der Waals surface area contributed by atoms with E-state index < -0.39 is 10.0 Å². The number of hydrogen-bond donors (Lipinski definition) is 0. The van der Waals surface area contributed by atoms with E-state index in [-0.39, 0.29) is 0 Å². The first-order valence-electron chi connectivity index (χ1n) is 5.20. The maximum atomic E-state index is 12.0. The number of benzene rings is 1. The second kappa shape index (κ2) is 4.16. The van der Waals surface area contributed by atoms with E-state index in [9.17, 15) is 8.42 Å². The molecule has 0 saturated carbocycles. The fraction of sp³-hybridized carbons (Fsp3) is 0.455. The number of aryl methyl sites for hydroxylation is 2. The molecule has 0 amide bonds. The van der Waals surface area contributed by atoms with Crippen LogP contribution >= 0.6 is 0 Å². The second-order valence-corrected chi connectivity index (χ2v) is 5.82. The van der Waals surface area contributed by atoms with Crippen LogP contribution in [-0.4, -0.2) is 27.0 Å². The molecular formula is C11H15NO3S. The first-order chi connectivity index (χ1) is 7.55. The van der Waals surface area contributed by atoms with Crippen LogP contribution in [0.5, 0.6) is 0 Å². The lowest BCUT2D eigenvalue weighted by molar-refractivity contribution is -0.0258. The predicted molar refractivity (Wildman–Crippen MR) is 60.4 cm³/mol. The van der Waals surface area contributed by atoms with Crippen molar-refractivity contribution in [3.8, 4) is 0 Å². The third-order valence-electron chi connectivity index (χ3n) is 2.96. The van der Waals surface area contributed by atoms with E-state index in [0.717, 1.165) is 29.3 Å². The van der Waals surface area contributed by atoms with E-state index in [1.165, 1.54) is 19.7 Å². The van der Waals surface area contributed by atoms with Crippen molar-refractivity contribution in [3.05, 3.63) is 29.3 Å². The average molecular weight is 241 g/mol. The molecule has 5 heteroatoms. The lowest BCUT2D eigenvalue weighted by Crippen LogP contribution is -2.25. The third-order valence-corrected chi connectivity index (χ3v) is 4.64. The summed E-state index contributed by atoms with van der Waals surface area (Å²) in [4.78, 5) is 5.04. The van der Waals surface area contributed by atoms with Gasteiger partial charge in [0.2, 0.25) is 0 Å². The molecule has 1 aromatic carbocycles. The number of fused-ring (bicyclic) bond motifs is 1. The summed E-state index contributed by atoms with van der Waals surface area (Å²) in [6.45, 7) is 0. The highest BCUT2D eigenvalue weighted by Crippen LogP contribution is 2.25. The molecular weight excluding hydrogens is 226 g/mol. The van der Waals surface area contributed by atoms with Gasteiger partial charge in [-0.1, -0.05) is 10.5 Å². The minimum absolute atomic E-state index is 0.303. The van der Waals surface area contributed by atoms with Gasteiger partial charge in [-0.15, -0.1) is 0 Å². The Morgan fingerprint density at radius 3 is 2.62 bits per heavy atom. The normalized spacial score (nSPS) is 15.4. The molecule has 0 saturated heterocycles. The molecule has 0 heterocycles. The first-order valence-corrected chi connectivity index (χ1v) is 6.64. The van der Waals surface area contributed by atoms with Crippen LogP contribution in [0.1, 0.15) is 17.5 Å². The molecule has 1 aliphatic carbocycles. The molecule has 0 atom stereocenters. The number of hydrogen-bond acceptors (Lipinski definition) is 3. The van der Waals surface area contributed by atoms with E-state index in [0.29, 0.717) is 4.90 Å². The maximum Gasteiger partial charge on any atom is 0.264 e. The SMILES string of the molecule is CON(C)S(=O)(=O)c1ccc2c(c1)CCC2. The summed E-state index contributed by atoms with van der Waals surface area (Å²) in [5.74, 6) is 0. The van der Waals surface area contributed by atoms with Crippen LogP contribution < -0.4 is 0 Å². The van der Waals surface area contributed by atoms with Crippen molar-refractivity contribution in [2.45, 2.75) is 24.2 Å². The maximum absolute atomic E-state index is 12.0. The summed E-state index contributed by atoms with van der Waals surface area (Å²) in [7, 11) is -0.770. The Balaban J connectivity index is 2.42. The van der Waals surface area contributed by atoms with Crippen LogP contribution in [0.3, 0.4) is 0 Å². The second-order valence-electron chi connectivity index (χ2n) is 3.88. The number of rotatable bonds is 3. The molecule has 88 valence electrons. The number of sulfonamides is 1. The highest BCUT2D eigenvalue weighted by Gasteiger charge is 2.22. The molecule has 0 unspecified atom stereocenters. The molecule has 4 nitrogen and oxygen atoms in total. The van der Waals surface area contributed by atoms with Gasteiger partial charge in [0.15, 0.2) is 0 Å². The van der Waals surface area contributed by atoms with Gasteiger partial charge in [0.05, 0.1) is 12.0 Å². The molecule has 1 aliphatic rings. The van der Waals surface area contributed by atoms with Gasteiger partial charge < -0.3 is 0 Å². The molecule has 0 bridgehead atoms. The van der Waals surface area contributed by atoms with Crippen molar-refractivity contribution < 1.29 is 13.3 Å². The van der Waals surface area contributed by atoms with Gasteiger partial charge in [0.25, 0.3) is 10.0 Å². The molecule has 0 N–H and O–H groups in total. The largest absolute Gasteiger partial charge is 0.288 e. The van der Waals surface area contributed by atoms with E-state index in [4.69, 9.17) is 4.84 Å². The third kappa shape index (κ3) is 1.86. The smallest absolute Gasteiger partial charge is 0.264 e. The molecule has 0 fully saturated rings. The average Bonchev–Trinajstić information content (AvgIpc) is 2.74. The Labute approximate surface area is 95.8 Å². The lowest BCUT2D eigenvalue weighted by Gasteiger charge is -2.14. The number of hydroxylamine groups is 1. The van der Waals surface area contributed by atoms with Gasteiger partial charge in [-0.2, -0.15) is 0 Å². The predicted octanol–water partition coefficient (Wildman–Crippen LogP) is 1.36. The van der Waals surface area contributed by atoms with Crippen molar-refractivity contribution >= 4 is 10.0 Å². The fourth-order valence-corrected chi connectivity index (χ4v) is 2.98. The molecule has 0 aliphatic heterocycles. The highest BCUT2D eigenvalue weighted by molar-refractivity contribution is 7.89. The van der Waals surface area contributed by atoms with Crippen LogP contribution in [0.25, 0.3) is 0 Å². The zero-order valence-corrected chi connectivity index (χ0v) is 10.3. The van der Waals surface area contributed by atoms with Crippen molar-refractivity contribution in [1.82, 2.24) is 4.47 Å². The standard InChI is InChI=1S/C11H15NO3S/c1-12(15-2)16(13,14)11-7-6-9-4-3-5-10(9)8-11/h6-8H,3-5H2,1-2H3. The van der Waals surface area contributed by atoms with Crippen LogP contribution in [0.4, 0.5) is 0 Å². The van der Waals surface area contributed by atoms with Crippen molar-refractivity contribution in [3.63, 3.8) is 0 Å². The van der Waals surface area contributed by atoms with E-state index >= 15 is 0 Å². The van der Waals surface area contributed by atoms with Crippen LogP contribution in [0.2, 0.25) is 0 Å². The van der Waals surface area contributed by atoms with Crippen molar-refractivity contribution in [2.75, 3.05) is 14.2 Å². The monoisotopic (exact) mass is 241 g/mol. The van der Waals surface area contributed by atoms with Crippen molar-refractivity contribution in [1.29, 1.82) is 0 Å². The van der Waals surface area contributed by atoms with Crippen LogP contribution in [0.15, 0.2) is 23.1 Å². The Hall–Kier alpha value is -0.910. The zero-order valence-electron chi connectivity index (χ0n) is 9.43. The minimum Gasteiger partial charge on any atom is -0.288 e. The Kier molecular flexibility index (Phi) is 3.01. The number of nitrogens with zero attached hydrogens (tertiary/aromatic N) is 1. The van der Waals surface area contributed by atoms with Crippen molar-refractivity contribution in [2.24, 2.45) is 0 Å². The minimum atomic E-state index is -3.50. The van der Waals surface area contributed by atoms with Gasteiger partial charge in [0, 0.05) is 7.05 Å². The molecule has 0 aromatic heterocycles. The summed E-state index contributed by atoms with van der Waals surface area (Å²) in [5, 5.41) is 0. The highest BCUT2D eigenvalue weighted by atomic mass is 32.2. The molecule has 1 aromatic rings. The van der Waals surface area contributed by atoms with Crippen LogP contribution in [-0.2, 0) is 27.7 Å². The molecule has 16 heavy (non-hydrogen) atoms. The Morgan fingerprint density at radius 2 is 1.94 bits per heavy atom.